The van der Waals surface area contributed by atoms with E-state index in [1.165, 1.54) is 60.9 Å². The van der Waals surface area contributed by atoms with Gasteiger partial charge in [0.1, 0.15) is 0 Å². The molecule has 194 valence electrons. The molecule has 7 rings (SSSR count). The third kappa shape index (κ3) is 5.02. The first-order chi connectivity index (χ1) is 20.3. The summed E-state index contributed by atoms with van der Waals surface area (Å²) in [7, 11) is 0. The number of para-hydroxylation sites is 2. The summed E-state index contributed by atoms with van der Waals surface area (Å²) in [6, 6.07) is 56.0. The molecular weight excluding hydrogens is 494 g/mol. The maximum absolute atomic E-state index is 2.35. The Kier molecular flexibility index (Phi) is 6.61. The Morgan fingerprint density at radius 2 is 0.805 bits per heavy atom. The number of nitrogens with zero attached hydrogens (tertiary/aromatic N) is 1. The van der Waals surface area contributed by atoms with Crippen molar-refractivity contribution in [3.8, 4) is 5.69 Å². The van der Waals surface area contributed by atoms with Crippen molar-refractivity contribution >= 4 is 45.6 Å². The maximum Gasteiger partial charge on any atom is 0.0541 e. The second kappa shape index (κ2) is 11.0. The summed E-state index contributed by atoms with van der Waals surface area (Å²) in [5.41, 5.74) is 10.8. The van der Waals surface area contributed by atoms with Crippen LogP contribution in [0, 0.1) is 0 Å². The Labute approximate surface area is 241 Å². The monoisotopic (exact) mass is 523 g/mol. The fraction of sp³-hybridized carbons (Fsp3) is 0. The highest BCUT2D eigenvalue weighted by molar-refractivity contribution is 6.09. The van der Waals surface area contributed by atoms with Crippen molar-refractivity contribution in [1.82, 2.24) is 4.57 Å². The molecule has 0 bridgehead atoms. The van der Waals surface area contributed by atoms with Gasteiger partial charge in [-0.3, -0.25) is 0 Å². The summed E-state index contributed by atoms with van der Waals surface area (Å²) in [6.07, 6.45) is 6.63. The maximum atomic E-state index is 2.35. The van der Waals surface area contributed by atoms with E-state index in [0.717, 1.165) is 0 Å². The van der Waals surface area contributed by atoms with Gasteiger partial charge in [-0.1, -0.05) is 146 Å². The fourth-order valence-corrected chi connectivity index (χ4v) is 5.57. The van der Waals surface area contributed by atoms with Crippen molar-refractivity contribution in [3.63, 3.8) is 0 Å². The van der Waals surface area contributed by atoms with E-state index in [1.54, 1.807) is 0 Å². The van der Waals surface area contributed by atoms with Crippen LogP contribution in [-0.4, -0.2) is 4.57 Å². The molecule has 0 saturated heterocycles. The number of aromatic nitrogens is 1. The van der Waals surface area contributed by atoms with E-state index in [2.05, 4.69) is 181 Å². The van der Waals surface area contributed by atoms with Crippen LogP contribution in [0.15, 0.2) is 158 Å². The van der Waals surface area contributed by atoms with E-state index in [4.69, 9.17) is 0 Å². The van der Waals surface area contributed by atoms with Gasteiger partial charge in [0.2, 0.25) is 0 Å². The number of fused-ring (bicyclic) bond motifs is 3. The van der Waals surface area contributed by atoms with Gasteiger partial charge in [-0.2, -0.15) is 0 Å². The molecule has 6 aromatic carbocycles. The highest BCUT2D eigenvalue weighted by Gasteiger charge is 2.11. The van der Waals surface area contributed by atoms with E-state index in [1.807, 2.05) is 0 Å². The molecule has 0 fully saturated rings. The lowest BCUT2D eigenvalue weighted by Gasteiger charge is -2.09. The Morgan fingerprint density at radius 3 is 1.32 bits per heavy atom. The Bertz CT molecular complexity index is 1900. The van der Waals surface area contributed by atoms with E-state index in [-0.39, 0.29) is 0 Å². The molecule has 0 aliphatic carbocycles. The number of hydrogen-bond acceptors (Lipinski definition) is 0. The predicted octanol–water partition coefficient (Wildman–Crippen LogP) is 10.5. The molecule has 0 saturated carbocycles. The van der Waals surface area contributed by atoms with E-state index in [9.17, 15) is 0 Å². The third-order valence-electron chi connectivity index (χ3n) is 7.62. The Hall–Kier alpha value is -5.40. The highest BCUT2D eigenvalue weighted by atomic mass is 15.0. The van der Waals surface area contributed by atoms with Gasteiger partial charge < -0.3 is 4.57 Å². The molecule has 1 heterocycles. The van der Waals surface area contributed by atoms with Crippen LogP contribution in [0.2, 0.25) is 0 Å². The molecule has 41 heavy (non-hydrogen) atoms. The molecule has 1 aromatic heterocycles. The average Bonchev–Trinajstić information content (AvgIpc) is 3.39. The second-order valence-electron chi connectivity index (χ2n) is 10.3. The number of benzene rings is 6. The summed E-state index contributed by atoms with van der Waals surface area (Å²) in [5, 5.41) is 2.56. The Morgan fingerprint density at radius 1 is 0.390 bits per heavy atom. The first-order valence-corrected chi connectivity index (χ1v) is 14.0. The van der Waals surface area contributed by atoms with Crippen LogP contribution in [0.3, 0.4) is 0 Å². The minimum absolute atomic E-state index is 1.17. The lowest BCUT2D eigenvalue weighted by atomic mass is 9.95. The molecule has 0 N–H and O–H groups in total. The first kappa shape index (κ1) is 24.6. The average molecular weight is 524 g/mol. The molecule has 0 amide bonds. The molecule has 1 heteroatoms. The molecule has 0 unspecified atom stereocenters. The predicted molar refractivity (Wildman–Crippen MR) is 176 cm³/mol. The normalized spacial score (nSPS) is 11.3. The van der Waals surface area contributed by atoms with Gasteiger partial charge in [-0.15, -0.1) is 0 Å². The van der Waals surface area contributed by atoms with Crippen LogP contribution in [0.5, 0.6) is 0 Å². The lowest BCUT2D eigenvalue weighted by molar-refractivity contribution is 1.18. The van der Waals surface area contributed by atoms with Gasteiger partial charge in [0.15, 0.2) is 0 Å². The number of rotatable bonds is 6. The van der Waals surface area contributed by atoms with Gasteiger partial charge in [-0.05, 0) is 63.7 Å². The van der Waals surface area contributed by atoms with Crippen LogP contribution in [-0.2, 0) is 0 Å². The quantitative estimate of drug-likeness (QED) is 0.191. The number of hydrogen-bond donors (Lipinski definition) is 0. The van der Waals surface area contributed by atoms with Gasteiger partial charge >= 0.3 is 0 Å². The summed E-state index contributed by atoms with van der Waals surface area (Å²) in [5.74, 6) is 0. The summed E-state index contributed by atoms with van der Waals surface area (Å²) >= 11 is 0. The van der Waals surface area contributed by atoms with Crippen molar-refractivity contribution in [2.24, 2.45) is 0 Å². The second-order valence-corrected chi connectivity index (χ2v) is 10.3. The minimum Gasteiger partial charge on any atom is -0.309 e. The first-order valence-electron chi connectivity index (χ1n) is 14.0. The molecule has 0 radical (unpaired) electrons. The van der Waals surface area contributed by atoms with Gasteiger partial charge in [-0.25, -0.2) is 0 Å². The zero-order valence-corrected chi connectivity index (χ0v) is 22.7. The smallest absolute Gasteiger partial charge is 0.0541 e. The van der Waals surface area contributed by atoms with Crippen LogP contribution in [0.25, 0.3) is 51.3 Å². The van der Waals surface area contributed by atoms with E-state index >= 15 is 0 Å². The van der Waals surface area contributed by atoms with Gasteiger partial charge in [0, 0.05) is 16.5 Å². The van der Waals surface area contributed by atoms with Crippen molar-refractivity contribution in [2.75, 3.05) is 0 Å². The lowest BCUT2D eigenvalue weighted by Crippen LogP contribution is -1.93. The topological polar surface area (TPSA) is 4.93 Å². The molecule has 1 nitrogen and oxygen atoms in total. The molecule has 0 atom stereocenters. The van der Waals surface area contributed by atoms with Crippen molar-refractivity contribution < 1.29 is 0 Å². The largest absolute Gasteiger partial charge is 0.309 e. The molecular formula is C40H29N. The van der Waals surface area contributed by atoms with Crippen LogP contribution >= 0.6 is 0 Å². The summed E-state index contributed by atoms with van der Waals surface area (Å²) in [4.78, 5) is 0. The van der Waals surface area contributed by atoms with Crippen molar-refractivity contribution in [1.29, 1.82) is 0 Å². The molecule has 0 aliphatic rings. The highest BCUT2D eigenvalue weighted by Crippen LogP contribution is 2.32. The molecule has 0 spiro atoms. The van der Waals surface area contributed by atoms with Crippen LogP contribution < -0.4 is 0 Å². The zero-order valence-electron chi connectivity index (χ0n) is 22.7. The summed E-state index contributed by atoms with van der Waals surface area (Å²) < 4.78 is 2.35. The fourth-order valence-electron chi connectivity index (χ4n) is 5.57. The van der Waals surface area contributed by atoms with Crippen LogP contribution in [0.4, 0.5) is 0 Å². The molecule has 7 aromatic rings. The Balaban J connectivity index is 1.14. The van der Waals surface area contributed by atoms with Crippen molar-refractivity contribution in [2.45, 2.75) is 0 Å². The minimum atomic E-state index is 1.17. The third-order valence-corrected chi connectivity index (χ3v) is 7.62. The van der Waals surface area contributed by atoms with E-state index < -0.39 is 0 Å². The van der Waals surface area contributed by atoms with Gasteiger partial charge in [0.05, 0.1) is 11.0 Å². The standard InChI is InChI=1S/C40H29N/c1-3-11-33(12-4-1)38(34-13-5-2-6-14-34)29-32-23-21-30(22-24-32)19-20-31-25-27-35(28-26-31)41-39-17-9-7-15-36(39)37-16-8-10-18-40(37)41/h1-29H/b20-19+. The molecule has 0 aliphatic heterocycles. The zero-order chi connectivity index (χ0) is 27.4. The SMILES string of the molecule is C(=C(c1ccccc1)c1ccccc1)c1ccc(/C=C/c2ccc(-n3c4ccccc4c4ccccc43)cc2)cc1. The van der Waals surface area contributed by atoms with Gasteiger partial charge in [0.25, 0.3) is 0 Å². The van der Waals surface area contributed by atoms with E-state index in [0.29, 0.717) is 0 Å². The summed E-state index contributed by atoms with van der Waals surface area (Å²) in [6.45, 7) is 0. The van der Waals surface area contributed by atoms with Crippen LogP contribution in [0.1, 0.15) is 27.8 Å². The van der Waals surface area contributed by atoms with Crippen molar-refractivity contribution in [3.05, 3.63) is 186 Å².